The van der Waals surface area contributed by atoms with Crippen LogP contribution in [-0.2, 0) is 4.79 Å². The number of hydrogen-bond acceptors (Lipinski definition) is 3. The number of H-pyrrole nitrogens is 1. The van der Waals surface area contributed by atoms with Gasteiger partial charge in [0.1, 0.15) is 0 Å². The summed E-state index contributed by atoms with van der Waals surface area (Å²) in [6, 6.07) is 1.94. The average molecular weight is 250 g/mol. The summed E-state index contributed by atoms with van der Waals surface area (Å²) in [5.74, 6) is 0.601. The Morgan fingerprint density at radius 3 is 2.67 bits per heavy atom. The van der Waals surface area contributed by atoms with Crippen LogP contribution < -0.4 is 5.73 Å². The summed E-state index contributed by atoms with van der Waals surface area (Å²) in [5, 5.41) is 7.00. The zero-order valence-electron chi connectivity index (χ0n) is 11.1. The van der Waals surface area contributed by atoms with Gasteiger partial charge in [0.05, 0.1) is 5.92 Å². The van der Waals surface area contributed by atoms with E-state index in [0.717, 1.165) is 25.9 Å². The van der Waals surface area contributed by atoms with Gasteiger partial charge >= 0.3 is 0 Å². The molecular formula is C13H22N4O. The molecule has 2 atom stereocenters. The van der Waals surface area contributed by atoms with E-state index in [-0.39, 0.29) is 17.9 Å². The molecule has 0 saturated carbocycles. The quantitative estimate of drug-likeness (QED) is 0.843. The van der Waals surface area contributed by atoms with E-state index < -0.39 is 0 Å². The summed E-state index contributed by atoms with van der Waals surface area (Å²) in [6.45, 7) is 5.44. The Bertz CT molecular complexity index is 380. The number of aromatic nitrogens is 2. The molecule has 1 aliphatic heterocycles. The molecule has 2 heterocycles. The number of nitrogens with one attached hydrogen (secondary N) is 1. The number of carbonyl (C=O) groups excluding carboxylic acids is 1. The fourth-order valence-electron chi connectivity index (χ4n) is 2.42. The molecule has 5 heteroatoms. The Labute approximate surface area is 108 Å². The van der Waals surface area contributed by atoms with Crippen molar-refractivity contribution in [3.05, 3.63) is 18.0 Å². The van der Waals surface area contributed by atoms with E-state index in [1.54, 1.807) is 6.20 Å². The maximum absolute atomic E-state index is 12.2. The van der Waals surface area contributed by atoms with Gasteiger partial charge in [0.15, 0.2) is 0 Å². The molecule has 1 fully saturated rings. The van der Waals surface area contributed by atoms with E-state index in [0.29, 0.717) is 5.92 Å². The molecule has 1 aromatic heterocycles. The lowest BCUT2D eigenvalue weighted by Gasteiger charge is -2.33. The van der Waals surface area contributed by atoms with Crippen LogP contribution in [0.15, 0.2) is 12.3 Å². The Morgan fingerprint density at radius 2 is 2.17 bits per heavy atom. The zero-order chi connectivity index (χ0) is 13.1. The number of hydrogen-bond donors (Lipinski definition) is 2. The first-order chi connectivity index (χ1) is 8.59. The summed E-state index contributed by atoms with van der Waals surface area (Å²) in [6.07, 6.45) is 3.78. The largest absolute Gasteiger partial charge is 0.342 e. The topological polar surface area (TPSA) is 75.0 Å². The summed E-state index contributed by atoms with van der Waals surface area (Å²) < 4.78 is 0. The third kappa shape index (κ3) is 2.72. The van der Waals surface area contributed by atoms with Crippen molar-refractivity contribution in [1.29, 1.82) is 0 Å². The van der Waals surface area contributed by atoms with Gasteiger partial charge in [-0.1, -0.05) is 6.92 Å². The Hall–Kier alpha value is -1.36. The fraction of sp³-hybridized carbons (Fsp3) is 0.692. The van der Waals surface area contributed by atoms with Gasteiger partial charge < -0.3 is 10.6 Å². The first-order valence-corrected chi connectivity index (χ1v) is 6.63. The second-order valence-electron chi connectivity index (χ2n) is 5.26. The van der Waals surface area contributed by atoms with Crippen LogP contribution in [0.1, 0.15) is 38.3 Å². The Kier molecular flexibility index (Phi) is 4.01. The lowest BCUT2D eigenvalue weighted by molar-refractivity contribution is -0.136. The number of likely N-dealkylation sites (tertiary alicyclic amines) is 1. The van der Waals surface area contributed by atoms with Gasteiger partial charge in [0, 0.05) is 36.9 Å². The first kappa shape index (κ1) is 13.1. The van der Waals surface area contributed by atoms with E-state index in [9.17, 15) is 4.79 Å². The molecule has 0 aliphatic carbocycles. The second-order valence-corrected chi connectivity index (χ2v) is 5.26. The van der Waals surface area contributed by atoms with Crippen molar-refractivity contribution in [3.8, 4) is 0 Å². The van der Waals surface area contributed by atoms with E-state index in [2.05, 4.69) is 10.2 Å². The minimum atomic E-state index is -0.0892. The van der Waals surface area contributed by atoms with Gasteiger partial charge in [-0.05, 0) is 25.8 Å². The molecule has 2 rings (SSSR count). The van der Waals surface area contributed by atoms with Crippen LogP contribution in [0.3, 0.4) is 0 Å². The zero-order valence-corrected chi connectivity index (χ0v) is 11.1. The van der Waals surface area contributed by atoms with Gasteiger partial charge in [-0.15, -0.1) is 0 Å². The van der Waals surface area contributed by atoms with Gasteiger partial charge in [-0.3, -0.25) is 9.89 Å². The highest BCUT2D eigenvalue weighted by molar-refractivity contribution is 5.79. The summed E-state index contributed by atoms with van der Waals surface area (Å²) in [7, 11) is 0. The van der Waals surface area contributed by atoms with E-state index in [1.165, 1.54) is 5.69 Å². The van der Waals surface area contributed by atoms with Crippen molar-refractivity contribution in [2.75, 3.05) is 13.1 Å². The molecule has 1 amide bonds. The van der Waals surface area contributed by atoms with E-state index in [4.69, 9.17) is 5.73 Å². The van der Waals surface area contributed by atoms with Crippen LogP contribution >= 0.6 is 0 Å². The van der Waals surface area contributed by atoms with Gasteiger partial charge in [-0.25, -0.2) is 0 Å². The fourth-order valence-corrected chi connectivity index (χ4v) is 2.42. The normalized spacial score (nSPS) is 20.7. The molecule has 0 aromatic carbocycles. The number of aromatic amines is 1. The number of nitrogens with two attached hydrogens (primary N) is 1. The molecule has 0 spiro atoms. The predicted molar refractivity (Wildman–Crippen MR) is 70.0 cm³/mol. The minimum Gasteiger partial charge on any atom is -0.342 e. The molecule has 1 saturated heterocycles. The predicted octanol–water partition coefficient (Wildman–Crippen LogP) is 1.10. The van der Waals surface area contributed by atoms with Crippen LogP contribution in [0.2, 0.25) is 0 Å². The standard InChI is InChI=1S/C13H22N4O/c1-9(10(2)14)13(18)17-7-4-11(5-8-17)12-3-6-15-16-12/h3,6,9-11H,4-5,7-8,14H2,1-2H3,(H,15,16). The molecule has 1 aliphatic rings. The van der Waals surface area contributed by atoms with Crippen LogP contribution in [-0.4, -0.2) is 40.1 Å². The highest BCUT2D eigenvalue weighted by Crippen LogP contribution is 2.27. The van der Waals surface area contributed by atoms with Crippen LogP contribution in [0.5, 0.6) is 0 Å². The monoisotopic (exact) mass is 250 g/mol. The SMILES string of the molecule is CC(N)C(C)C(=O)N1CCC(c2ccn[nH]2)CC1. The van der Waals surface area contributed by atoms with Gasteiger partial charge in [-0.2, -0.15) is 5.10 Å². The molecule has 0 bridgehead atoms. The third-order valence-electron chi connectivity index (χ3n) is 3.95. The van der Waals surface area contributed by atoms with E-state index in [1.807, 2.05) is 24.8 Å². The van der Waals surface area contributed by atoms with Gasteiger partial charge in [0.2, 0.25) is 5.91 Å². The number of piperidine rings is 1. The number of nitrogens with zero attached hydrogens (tertiary/aromatic N) is 2. The maximum Gasteiger partial charge on any atom is 0.226 e. The highest BCUT2D eigenvalue weighted by atomic mass is 16.2. The Morgan fingerprint density at radius 1 is 1.50 bits per heavy atom. The summed E-state index contributed by atoms with van der Waals surface area (Å²) in [4.78, 5) is 14.1. The van der Waals surface area contributed by atoms with Crippen molar-refractivity contribution < 1.29 is 4.79 Å². The van der Waals surface area contributed by atoms with Crippen molar-refractivity contribution in [2.45, 2.75) is 38.6 Å². The lowest BCUT2D eigenvalue weighted by Crippen LogP contribution is -2.45. The summed E-state index contributed by atoms with van der Waals surface area (Å²) in [5.41, 5.74) is 6.97. The van der Waals surface area contributed by atoms with Crippen LogP contribution in [0.25, 0.3) is 0 Å². The average Bonchev–Trinajstić information content (AvgIpc) is 2.91. The number of amides is 1. The Balaban J connectivity index is 1.89. The van der Waals surface area contributed by atoms with Gasteiger partial charge in [0.25, 0.3) is 0 Å². The first-order valence-electron chi connectivity index (χ1n) is 6.63. The molecule has 2 unspecified atom stereocenters. The third-order valence-corrected chi connectivity index (χ3v) is 3.95. The molecular weight excluding hydrogens is 228 g/mol. The van der Waals surface area contributed by atoms with Crippen molar-refractivity contribution in [2.24, 2.45) is 11.7 Å². The number of carbonyl (C=O) groups is 1. The minimum absolute atomic E-state index is 0.0807. The molecule has 5 nitrogen and oxygen atoms in total. The molecule has 18 heavy (non-hydrogen) atoms. The smallest absolute Gasteiger partial charge is 0.226 e. The second kappa shape index (κ2) is 5.52. The highest BCUT2D eigenvalue weighted by Gasteiger charge is 2.28. The van der Waals surface area contributed by atoms with Crippen LogP contribution in [0.4, 0.5) is 0 Å². The maximum atomic E-state index is 12.2. The molecule has 3 N–H and O–H groups in total. The van der Waals surface area contributed by atoms with Crippen LogP contribution in [0, 0.1) is 5.92 Å². The molecule has 1 aromatic rings. The van der Waals surface area contributed by atoms with Crippen molar-refractivity contribution in [1.82, 2.24) is 15.1 Å². The van der Waals surface area contributed by atoms with Crippen molar-refractivity contribution >= 4 is 5.91 Å². The number of rotatable bonds is 3. The molecule has 100 valence electrons. The lowest BCUT2D eigenvalue weighted by atomic mass is 9.92. The van der Waals surface area contributed by atoms with E-state index >= 15 is 0 Å². The molecule has 0 radical (unpaired) electrons. The summed E-state index contributed by atoms with van der Waals surface area (Å²) >= 11 is 0. The van der Waals surface area contributed by atoms with Crippen molar-refractivity contribution in [3.63, 3.8) is 0 Å².